The number of anilines is 2. The van der Waals surface area contributed by atoms with Gasteiger partial charge in [0.1, 0.15) is 11.6 Å². The summed E-state index contributed by atoms with van der Waals surface area (Å²) < 4.78 is 27.1. The highest BCUT2D eigenvalue weighted by Gasteiger charge is 2.13. The molecule has 110 valence electrons. The van der Waals surface area contributed by atoms with Gasteiger partial charge in [-0.3, -0.25) is 4.79 Å². The van der Waals surface area contributed by atoms with E-state index in [1.807, 2.05) is 25.1 Å². The smallest absolute Gasteiger partial charge is 0.255 e. The van der Waals surface area contributed by atoms with Gasteiger partial charge in [-0.1, -0.05) is 6.07 Å². The minimum absolute atomic E-state index is 0.00704. The van der Waals surface area contributed by atoms with Crippen LogP contribution in [0, 0.1) is 11.6 Å². The minimum atomic E-state index is -0.708. The van der Waals surface area contributed by atoms with Crippen LogP contribution in [0.1, 0.15) is 10.4 Å². The molecule has 21 heavy (non-hydrogen) atoms. The van der Waals surface area contributed by atoms with Gasteiger partial charge in [0.25, 0.3) is 5.91 Å². The van der Waals surface area contributed by atoms with Crippen molar-refractivity contribution in [2.75, 3.05) is 24.3 Å². The van der Waals surface area contributed by atoms with E-state index in [2.05, 4.69) is 21.2 Å². The molecule has 1 N–H and O–H groups in total. The van der Waals surface area contributed by atoms with Gasteiger partial charge in [-0.15, -0.1) is 0 Å². The zero-order chi connectivity index (χ0) is 15.6. The maximum atomic E-state index is 13.7. The summed E-state index contributed by atoms with van der Waals surface area (Å²) in [5.74, 6) is -1.85. The number of carbonyl (C=O) groups is 1. The van der Waals surface area contributed by atoms with Gasteiger partial charge in [-0.05, 0) is 40.2 Å². The highest BCUT2D eigenvalue weighted by Crippen LogP contribution is 2.24. The van der Waals surface area contributed by atoms with Crippen LogP contribution in [0.4, 0.5) is 20.2 Å². The number of amides is 1. The lowest BCUT2D eigenvalue weighted by atomic mass is 10.1. The number of hydrogen-bond acceptors (Lipinski definition) is 2. The lowest BCUT2D eigenvalue weighted by molar-refractivity contribution is 0.102. The van der Waals surface area contributed by atoms with Crippen LogP contribution in [-0.4, -0.2) is 20.0 Å². The van der Waals surface area contributed by atoms with E-state index in [9.17, 15) is 13.6 Å². The van der Waals surface area contributed by atoms with Crippen LogP contribution in [0.25, 0.3) is 0 Å². The molecule has 0 aromatic heterocycles. The Kier molecular flexibility index (Phi) is 4.57. The maximum absolute atomic E-state index is 13.7. The van der Waals surface area contributed by atoms with E-state index < -0.39 is 17.5 Å². The molecule has 0 saturated carbocycles. The third-order valence-electron chi connectivity index (χ3n) is 2.88. The molecule has 6 heteroatoms. The fraction of sp³-hybridized carbons (Fsp3) is 0.133. The zero-order valence-corrected chi connectivity index (χ0v) is 13.0. The van der Waals surface area contributed by atoms with Crippen LogP contribution >= 0.6 is 15.9 Å². The van der Waals surface area contributed by atoms with Crippen molar-refractivity contribution in [3.63, 3.8) is 0 Å². The number of halogens is 3. The number of hydrogen-bond donors (Lipinski definition) is 1. The van der Waals surface area contributed by atoms with Crippen molar-refractivity contribution < 1.29 is 13.6 Å². The molecule has 0 fully saturated rings. The number of nitrogens with zero attached hydrogens (tertiary/aromatic N) is 1. The molecular weight excluding hydrogens is 342 g/mol. The summed E-state index contributed by atoms with van der Waals surface area (Å²) in [6, 6.07) is 8.76. The Hall–Kier alpha value is -1.95. The third-order valence-corrected chi connectivity index (χ3v) is 3.49. The first-order valence-corrected chi connectivity index (χ1v) is 6.91. The number of carbonyl (C=O) groups excluding carboxylic acids is 1. The molecule has 0 atom stereocenters. The summed E-state index contributed by atoms with van der Waals surface area (Å²) in [5.41, 5.74) is 1.00. The van der Waals surface area contributed by atoms with Gasteiger partial charge in [0.05, 0.1) is 10.2 Å². The second kappa shape index (κ2) is 6.22. The van der Waals surface area contributed by atoms with E-state index >= 15 is 0 Å². The number of benzene rings is 2. The van der Waals surface area contributed by atoms with Crippen LogP contribution < -0.4 is 10.2 Å². The van der Waals surface area contributed by atoms with Crippen LogP contribution in [0.2, 0.25) is 0 Å². The number of nitrogens with one attached hydrogen (secondary N) is 1. The van der Waals surface area contributed by atoms with Crippen LogP contribution in [0.3, 0.4) is 0 Å². The molecule has 0 bridgehead atoms. The first-order chi connectivity index (χ1) is 9.88. The zero-order valence-electron chi connectivity index (χ0n) is 11.5. The molecule has 2 aromatic carbocycles. The molecular formula is C15H13BrF2N2O. The molecule has 3 nitrogen and oxygen atoms in total. The number of rotatable bonds is 3. The predicted molar refractivity (Wildman–Crippen MR) is 82.8 cm³/mol. The van der Waals surface area contributed by atoms with E-state index in [0.29, 0.717) is 5.56 Å². The van der Waals surface area contributed by atoms with E-state index in [-0.39, 0.29) is 10.2 Å². The summed E-state index contributed by atoms with van der Waals surface area (Å²) in [5, 5.41) is 2.37. The van der Waals surface area contributed by atoms with E-state index in [1.54, 1.807) is 18.2 Å². The van der Waals surface area contributed by atoms with Crippen molar-refractivity contribution in [1.29, 1.82) is 0 Å². The van der Waals surface area contributed by atoms with Gasteiger partial charge in [-0.25, -0.2) is 8.78 Å². The topological polar surface area (TPSA) is 32.3 Å². The van der Waals surface area contributed by atoms with E-state index in [4.69, 9.17) is 0 Å². The van der Waals surface area contributed by atoms with E-state index in [0.717, 1.165) is 17.8 Å². The predicted octanol–water partition coefficient (Wildman–Crippen LogP) is 4.05. The highest BCUT2D eigenvalue weighted by atomic mass is 79.9. The lowest BCUT2D eigenvalue weighted by Crippen LogP contribution is -2.15. The molecule has 0 radical (unpaired) electrons. The van der Waals surface area contributed by atoms with Crippen LogP contribution in [-0.2, 0) is 0 Å². The standard InChI is InChI=1S/C15H13BrF2N2O/c1-20(2)10-5-3-4-9(6-10)15(21)19-14-8-12(17)11(16)7-13(14)18/h3-8H,1-2H3,(H,19,21). The third kappa shape index (κ3) is 3.58. The Morgan fingerprint density at radius 3 is 2.52 bits per heavy atom. The summed E-state index contributed by atoms with van der Waals surface area (Å²) in [6.45, 7) is 0. The van der Waals surface area contributed by atoms with Gasteiger partial charge in [0.2, 0.25) is 0 Å². The second-order valence-corrected chi connectivity index (χ2v) is 5.50. The molecule has 0 aliphatic heterocycles. The van der Waals surface area contributed by atoms with Crippen molar-refractivity contribution >= 4 is 33.2 Å². The highest BCUT2D eigenvalue weighted by molar-refractivity contribution is 9.10. The van der Waals surface area contributed by atoms with Crippen molar-refractivity contribution in [2.45, 2.75) is 0 Å². The summed E-state index contributed by atoms with van der Waals surface area (Å²) in [6.07, 6.45) is 0. The van der Waals surface area contributed by atoms with Crippen LogP contribution in [0.15, 0.2) is 40.9 Å². The molecule has 1 amide bonds. The van der Waals surface area contributed by atoms with Crippen molar-refractivity contribution in [3.8, 4) is 0 Å². The Bertz CT molecular complexity index is 689. The first-order valence-electron chi connectivity index (χ1n) is 6.12. The van der Waals surface area contributed by atoms with Crippen molar-refractivity contribution in [1.82, 2.24) is 0 Å². The van der Waals surface area contributed by atoms with Gasteiger partial charge < -0.3 is 10.2 Å². The normalized spacial score (nSPS) is 10.3. The maximum Gasteiger partial charge on any atom is 0.255 e. The molecule has 0 heterocycles. The van der Waals surface area contributed by atoms with Gasteiger partial charge in [-0.2, -0.15) is 0 Å². The Labute approximate surface area is 129 Å². The lowest BCUT2D eigenvalue weighted by Gasteiger charge is -2.13. The fourth-order valence-electron chi connectivity index (χ4n) is 1.74. The Morgan fingerprint density at radius 1 is 1.14 bits per heavy atom. The average molecular weight is 355 g/mol. The molecule has 0 aliphatic rings. The monoisotopic (exact) mass is 354 g/mol. The molecule has 0 aliphatic carbocycles. The Balaban J connectivity index is 2.26. The molecule has 2 aromatic rings. The fourth-order valence-corrected chi connectivity index (χ4v) is 2.05. The minimum Gasteiger partial charge on any atom is -0.378 e. The summed E-state index contributed by atoms with van der Waals surface area (Å²) in [7, 11) is 3.70. The van der Waals surface area contributed by atoms with Crippen molar-refractivity contribution in [3.05, 3.63) is 58.1 Å². The van der Waals surface area contributed by atoms with Gasteiger partial charge in [0.15, 0.2) is 0 Å². The molecule has 0 saturated heterocycles. The van der Waals surface area contributed by atoms with Gasteiger partial charge in [0, 0.05) is 31.4 Å². The summed E-state index contributed by atoms with van der Waals surface area (Å²) in [4.78, 5) is 14.0. The molecule has 0 unspecified atom stereocenters. The molecule has 0 spiro atoms. The van der Waals surface area contributed by atoms with Crippen LogP contribution in [0.5, 0.6) is 0 Å². The van der Waals surface area contributed by atoms with Crippen molar-refractivity contribution in [2.24, 2.45) is 0 Å². The summed E-state index contributed by atoms with van der Waals surface area (Å²) >= 11 is 2.88. The first kappa shape index (κ1) is 15.4. The Morgan fingerprint density at radius 2 is 1.86 bits per heavy atom. The quantitative estimate of drug-likeness (QED) is 0.843. The molecule has 2 rings (SSSR count). The largest absolute Gasteiger partial charge is 0.378 e. The van der Waals surface area contributed by atoms with E-state index in [1.165, 1.54) is 0 Å². The SMILES string of the molecule is CN(C)c1cccc(C(=O)Nc2cc(F)c(Br)cc2F)c1. The van der Waals surface area contributed by atoms with Gasteiger partial charge >= 0.3 is 0 Å². The average Bonchev–Trinajstić information content (AvgIpc) is 2.44. The second-order valence-electron chi connectivity index (χ2n) is 4.65.